The van der Waals surface area contributed by atoms with Crippen molar-refractivity contribution in [1.29, 1.82) is 0 Å². The van der Waals surface area contributed by atoms with Gasteiger partial charge in [0.1, 0.15) is 10.2 Å². The number of hydrogen-bond acceptors (Lipinski definition) is 3. The first-order chi connectivity index (χ1) is 17.0. The van der Waals surface area contributed by atoms with Crippen LogP contribution in [0.5, 0.6) is 0 Å². The number of allylic oxidation sites excluding steroid dienone is 1. The van der Waals surface area contributed by atoms with Crippen molar-refractivity contribution in [2.75, 3.05) is 5.32 Å². The minimum Gasteiger partial charge on any atom is -0.359 e. The Morgan fingerprint density at radius 1 is 0.972 bits per heavy atom. The number of halogens is 4. The molecular weight excluding hydrogens is 516 g/mol. The number of anilines is 1. The van der Waals surface area contributed by atoms with Gasteiger partial charge in [-0.25, -0.2) is 4.39 Å². The maximum absolute atomic E-state index is 14.0. The van der Waals surface area contributed by atoms with Crippen molar-refractivity contribution in [3.05, 3.63) is 118 Å². The van der Waals surface area contributed by atoms with E-state index in [4.69, 9.17) is 34.8 Å². The Morgan fingerprint density at radius 3 is 2.33 bits per heavy atom. The largest absolute Gasteiger partial charge is 0.359 e. The van der Waals surface area contributed by atoms with Gasteiger partial charge in [0, 0.05) is 34.3 Å². The molecule has 7 heteroatoms. The van der Waals surface area contributed by atoms with Gasteiger partial charge in [0.05, 0.1) is 16.9 Å². The van der Waals surface area contributed by atoms with Gasteiger partial charge in [0.2, 0.25) is 0 Å². The van der Waals surface area contributed by atoms with E-state index in [1.807, 2.05) is 25.1 Å². The number of nitrogens with one attached hydrogen (secondary N) is 2. The highest BCUT2D eigenvalue weighted by Gasteiger charge is 2.65. The first kappa shape index (κ1) is 26.3. The molecular formula is C29H27Cl3FN3. The van der Waals surface area contributed by atoms with Crippen LogP contribution in [0.3, 0.4) is 0 Å². The monoisotopic (exact) mass is 541 g/mol. The molecule has 2 atom stereocenters. The second-order valence-corrected chi connectivity index (χ2v) is 11.1. The molecule has 0 radical (unpaired) electrons. The zero-order chi connectivity index (χ0) is 26.2. The summed E-state index contributed by atoms with van der Waals surface area (Å²) in [5.41, 5.74) is 10.0. The molecule has 0 saturated heterocycles. The molecule has 0 bridgehead atoms. The molecule has 0 aliphatic heterocycles. The molecule has 0 heterocycles. The molecule has 0 spiro atoms. The predicted octanol–water partition coefficient (Wildman–Crippen LogP) is 8.51. The summed E-state index contributed by atoms with van der Waals surface area (Å²) < 4.78 is 13.1. The summed E-state index contributed by atoms with van der Waals surface area (Å²) >= 11 is 19.8. The lowest BCUT2D eigenvalue weighted by atomic mass is 10.0. The van der Waals surface area contributed by atoms with Crippen molar-refractivity contribution in [3.8, 4) is 0 Å². The van der Waals surface area contributed by atoms with Crippen molar-refractivity contribution < 1.29 is 4.39 Å². The van der Waals surface area contributed by atoms with Crippen molar-refractivity contribution in [2.45, 2.75) is 31.0 Å². The van der Waals surface area contributed by atoms with Gasteiger partial charge in [-0.1, -0.05) is 66.2 Å². The zero-order valence-corrected chi connectivity index (χ0v) is 22.6. The normalized spacial score (nSPS) is 18.2. The molecule has 36 heavy (non-hydrogen) atoms. The third kappa shape index (κ3) is 5.62. The van der Waals surface area contributed by atoms with Crippen molar-refractivity contribution in [3.63, 3.8) is 0 Å². The summed E-state index contributed by atoms with van der Waals surface area (Å²) in [5, 5.41) is 7.93. The van der Waals surface area contributed by atoms with Gasteiger partial charge in [0.15, 0.2) is 0 Å². The van der Waals surface area contributed by atoms with Crippen LogP contribution in [0.1, 0.15) is 39.3 Å². The maximum atomic E-state index is 14.0. The molecule has 2 N–H and O–H groups in total. The average molecular weight is 543 g/mol. The van der Waals surface area contributed by atoms with Crippen LogP contribution in [-0.4, -0.2) is 10.5 Å². The summed E-state index contributed by atoms with van der Waals surface area (Å²) in [6.45, 7) is 14.2. The van der Waals surface area contributed by atoms with Crippen molar-refractivity contribution in [1.82, 2.24) is 5.43 Å². The third-order valence-corrected chi connectivity index (χ3v) is 7.46. The van der Waals surface area contributed by atoms with Crippen LogP contribution >= 0.6 is 34.8 Å². The highest BCUT2D eigenvalue weighted by atomic mass is 35.5. The number of rotatable bonds is 8. The quantitative estimate of drug-likeness (QED) is 0.170. The fourth-order valence-corrected chi connectivity index (χ4v) is 5.56. The summed E-state index contributed by atoms with van der Waals surface area (Å²) in [6, 6.07) is 16.7. The van der Waals surface area contributed by atoms with Gasteiger partial charge in [-0.2, -0.15) is 5.10 Å². The van der Waals surface area contributed by atoms with Crippen LogP contribution in [-0.2, 0) is 0 Å². The SMILES string of the molecule is C=C(N/N=C/c1ccc(C)cc1F)c1cc(NC(=C)C2C(c3cc(C)cc(C)c3)C2(Cl)Cl)ccc1Cl. The molecule has 0 amide bonds. The first-order valence-electron chi connectivity index (χ1n) is 11.4. The number of aryl methyl sites for hydroxylation is 3. The van der Waals surface area contributed by atoms with E-state index in [-0.39, 0.29) is 17.7 Å². The molecule has 4 rings (SSSR count). The Bertz CT molecular complexity index is 1360. The topological polar surface area (TPSA) is 36.4 Å². The number of nitrogens with zero attached hydrogens (tertiary/aromatic N) is 1. The van der Waals surface area contributed by atoms with E-state index in [2.05, 4.69) is 61.0 Å². The van der Waals surface area contributed by atoms with Crippen molar-refractivity contribution >= 4 is 52.4 Å². The van der Waals surface area contributed by atoms with Gasteiger partial charge in [0.25, 0.3) is 0 Å². The number of alkyl halides is 2. The lowest BCUT2D eigenvalue weighted by molar-refractivity contribution is 0.624. The number of hydrazone groups is 1. The van der Waals surface area contributed by atoms with E-state index in [9.17, 15) is 4.39 Å². The van der Waals surface area contributed by atoms with Crippen LogP contribution in [0.4, 0.5) is 10.1 Å². The van der Waals surface area contributed by atoms with E-state index in [0.717, 1.165) is 16.8 Å². The highest BCUT2D eigenvalue weighted by Crippen LogP contribution is 2.67. The molecule has 1 saturated carbocycles. The second-order valence-electron chi connectivity index (χ2n) is 9.27. The molecule has 0 aromatic heterocycles. The van der Waals surface area contributed by atoms with Crippen LogP contribution in [0.25, 0.3) is 5.70 Å². The Kier molecular flexibility index (Phi) is 7.51. The Balaban J connectivity index is 1.46. The van der Waals surface area contributed by atoms with Gasteiger partial charge in [-0.05, 0) is 56.2 Å². The van der Waals surface area contributed by atoms with Gasteiger partial charge in [-0.3, -0.25) is 5.43 Å². The van der Waals surface area contributed by atoms with Crippen molar-refractivity contribution in [2.24, 2.45) is 11.0 Å². The van der Waals surface area contributed by atoms with E-state index >= 15 is 0 Å². The van der Waals surface area contributed by atoms with E-state index in [1.165, 1.54) is 23.4 Å². The third-order valence-electron chi connectivity index (χ3n) is 6.19. The maximum Gasteiger partial charge on any atom is 0.134 e. The second kappa shape index (κ2) is 10.3. The molecule has 1 fully saturated rings. The summed E-state index contributed by atoms with van der Waals surface area (Å²) in [6.07, 6.45) is 1.40. The molecule has 3 nitrogen and oxygen atoms in total. The molecule has 186 valence electrons. The zero-order valence-electron chi connectivity index (χ0n) is 20.3. The van der Waals surface area contributed by atoms with Crippen LogP contribution < -0.4 is 10.7 Å². The van der Waals surface area contributed by atoms with E-state index < -0.39 is 4.33 Å². The highest BCUT2D eigenvalue weighted by molar-refractivity contribution is 6.52. The smallest absolute Gasteiger partial charge is 0.134 e. The van der Waals surface area contributed by atoms with Gasteiger partial charge < -0.3 is 5.32 Å². The van der Waals surface area contributed by atoms with E-state index in [1.54, 1.807) is 12.1 Å². The van der Waals surface area contributed by atoms with Gasteiger partial charge >= 0.3 is 0 Å². The standard InChI is InChI=1S/C29H27Cl3FN3/c1-16-6-7-21(26(33)13-16)15-34-36-19(4)24-14-23(8-9-25(24)30)35-20(5)27-28(29(27,31)32)22-11-17(2)10-18(3)12-22/h6-15,27-28,35-36H,4-5H2,1-3H3/b34-15+. The van der Waals surface area contributed by atoms with E-state index in [0.29, 0.717) is 27.5 Å². The number of hydrogen-bond donors (Lipinski definition) is 2. The molecule has 3 aromatic carbocycles. The lowest BCUT2D eigenvalue weighted by Gasteiger charge is -2.14. The summed E-state index contributed by atoms with van der Waals surface area (Å²) in [7, 11) is 0. The minimum atomic E-state index is -0.940. The molecule has 1 aliphatic rings. The fourth-order valence-electron chi connectivity index (χ4n) is 4.44. The molecule has 2 unspecified atom stereocenters. The Morgan fingerprint density at radius 2 is 1.67 bits per heavy atom. The minimum absolute atomic E-state index is 0.0562. The predicted molar refractivity (Wildman–Crippen MR) is 152 cm³/mol. The average Bonchev–Trinajstić information content (AvgIpc) is 3.38. The lowest BCUT2D eigenvalue weighted by Crippen LogP contribution is -2.07. The van der Waals surface area contributed by atoms with Crippen LogP contribution in [0.2, 0.25) is 5.02 Å². The fraction of sp³-hybridized carbons (Fsp3) is 0.207. The summed E-state index contributed by atoms with van der Waals surface area (Å²) in [5.74, 6) is -0.557. The number of benzene rings is 3. The summed E-state index contributed by atoms with van der Waals surface area (Å²) in [4.78, 5) is 0. The van der Waals surface area contributed by atoms with Crippen LogP contribution in [0, 0.1) is 32.5 Å². The Hall–Kier alpha value is -2.79. The molecule has 3 aromatic rings. The first-order valence-corrected chi connectivity index (χ1v) is 12.6. The molecule has 1 aliphatic carbocycles. The Labute approximate surface area is 226 Å². The van der Waals surface area contributed by atoms with Crippen LogP contribution in [0.15, 0.2) is 78.6 Å². The van der Waals surface area contributed by atoms with Gasteiger partial charge in [-0.15, -0.1) is 23.2 Å².